The van der Waals surface area contributed by atoms with E-state index in [2.05, 4.69) is 0 Å². The van der Waals surface area contributed by atoms with E-state index in [9.17, 15) is 13.2 Å². The van der Waals surface area contributed by atoms with Gasteiger partial charge in [0.05, 0.1) is 4.90 Å². The molecule has 8 nitrogen and oxygen atoms in total. The van der Waals surface area contributed by atoms with E-state index >= 15 is 0 Å². The van der Waals surface area contributed by atoms with Gasteiger partial charge in [-0.25, -0.2) is 13.9 Å². The molecule has 1 amide bonds. The molecule has 1 aliphatic heterocycles. The summed E-state index contributed by atoms with van der Waals surface area (Å²) in [6, 6.07) is 14.2. The minimum Gasteiger partial charge on any atom is -0.457 e. The van der Waals surface area contributed by atoms with Gasteiger partial charge < -0.3 is 9.64 Å². The van der Waals surface area contributed by atoms with E-state index in [1.54, 1.807) is 36.8 Å². The summed E-state index contributed by atoms with van der Waals surface area (Å²) in [6.45, 7) is 0.837. The van der Waals surface area contributed by atoms with Crippen molar-refractivity contribution in [3.8, 4) is 11.5 Å². The molecule has 1 saturated heterocycles. The molecule has 2 N–H and O–H groups in total. The fraction of sp³-hybridized carbons (Fsp3) is 0.278. The van der Waals surface area contributed by atoms with Gasteiger partial charge >= 0.3 is 0 Å². The second-order valence-corrected chi connectivity index (χ2v) is 8.15. The maximum Gasteiger partial charge on any atom is 0.263 e. The molecule has 0 aliphatic carbocycles. The third-order valence-electron chi connectivity index (χ3n) is 4.36. The number of hydrogen-bond acceptors (Lipinski definition) is 6. The summed E-state index contributed by atoms with van der Waals surface area (Å²) in [5, 5.41) is 8.95. The van der Waals surface area contributed by atoms with Gasteiger partial charge in [0, 0.05) is 19.6 Å². The second-order valence-electron chi connectivity index (χ2n) is 6.26. The van der Waals surface area contributed by atoms with Gasteiger partial charge in [-0.3, -0.25) is 10.0 Å². The number of amides is 1. The van der Waals surface area contributed by atoms with Crippen LogP contribution in [0.1, 0.15) is 0 Å². The molecule has 1 fully saturated rings. The second kappa shape index (κ2) is 8.05. The topological polar surface area (TPSA) is 99.2 Å². The van der Waals surface area contributed by atoms with Gasteiger partial charge in [-0.05, 0) is 43.4 Å². The fourth-order valence-corrected chi connectivity index (χ4v) is 4.49. The zero-order valence-electron chi connectivity index (χ0n) is 14.8. The smallest absolute Gasteiger partial charge is 0.263 e. The first kappa shape index (κ1) is 19.3. The number of benzene rings is 2. The summed E-state index contributed by atoms with van der Waals surface area (Å²) < 4.78 is 32.8. The number of likely N-dealkylation sites (N-methyl/N-ethyl adjacent to an activating group) is 1. The average molecular weight is 391 g/mol. The maximum atomic E-state index is 13.0. The third kappa shape index (κ3) is 4.28. The summed E-state index contributed by atoms with van der Waals surface area (Å²) in [5.41, 5.74) is 1.55. The molecule has 0 spiro atoms. The molecule has 144 valence electrons. The lowest BCUT2D eigenvalue weighted by Crippen LogP contribution is -2.59. The van der Waals surface area contributed by atoms with Gasteiger partial charge in [0.25, 0.3) is 5.91 Å². The molecule has 1 unspecified atom stereocenters. The van der Waals surface area contributed by atoms with E-state index in [-0.39, 0.29) is 18.0 Å². The van der Waals surface area contributed by atoms with Crippen molar-refractivity contribution in [3.63, 3.8) is 0 Å². The highest BCUT2D eigenvalue weighted by Crippen LogP contribution is 2.26. The number of nitrogens with zero attached hydrogens (tertiary/aromatic N) is 2. The van der Waals surface area contributed by atoms with E-state index in [1.807, 2.05) is 23.1 Å². The van der Waals surface area contributed by atoms with Crippen molar-refractivity contribution in [1.82, 2.24) is 14.7 Å². The van der Waals surface area contributed by atoms with Crippen LogP contribution in [0.2, 0.25) is 0 Å². The van der Waals surface area contributed by atoms with Crippen LogP contribution in [-0.4, -0.2) is 61.5 Å². The Hall–Kier alpha value is -2.46. The molecule has 0 saturated carbocycles. The molecule has 1 aliphatic rings. The zero-order chi connectivity index (χ0) is 19.4. The van der Waals surface area contributed by atoms with E-state index in [1.165, 1.54) is 12.1 Å². The van der Waals surface area contributed by atoms with Crippen molar-refractivity contribution in [2.75, 3.05) is 26.7 Å². The first-order chi connectivity index (χ1) is 12.9. The lowest BCUT2D eigenvalue weighted by molar-refractivity contribution is -0.134. The Kier molecular flexibility index (Phi) is 5.76. The zero-order valence-corrected chi connectivity index (χ0v) is 15.6. The summed E-state index contributed by atoms with van der Waals surface area (Å²) in [6.07, 6.45) is 0. The molecule has 0 radical (unpaired) electrons. The van der Waals surface area contributed by atoms with E-state index in [4.69, 9.17) is 9.94 Å². The SMILES string of the molecule is CN1CCN(S(=O)(=O)c2ccc(Oc3ccccc3)cc2)C(C(=O)NO)C1. The van der Waals surface area contributed by atoms with Crippen LogP contribution in [-0.2, 0) is 14.8 Å². The van der Waals surface area contributed by atoms with Gasteiger partial charge in [-0.15, -0.1) is 0 Å². The summed E-state index contributed by atoms with van der Waals surface area (Å²) in [7, 11) is -2.11. The maximum absolute atomic E-state index is 13.0. The molecule has 9 heteroatoms. The van der Waals surface area contributed by atoms with E-state index in [0.29, 0.717) is 18.0 Å². The van der Waals surface area contributed by atoms with E-state index in [0.717, 1.165) is 4.31 Å². The molecular formula is C18H21N3O5S. The summed E-state index contributed by atoms with van der Waals surface area (Å²) in [4.78, 5) is 13.8. The predicted octanol–water partition coefficient (Wildman–Crippen LogP) is 1.29. The van der Waals surface area contributed by atoms with Gasteiger partial charge in [0.2, 0.25) is 10.0 Å². The number of carbonyl (C=O) groups is 1. The van der Waals surface area contributed by atoms with Crippen LogP contribution in [0.15, 0.2) is 59.5 Å². The Labute approximate surface area is 158 Å². The van der Waals surface area contributed by atoms with Crippen molar-refractivity contribution in [2.45, 2.75) is 10.9 Å². The first-order valence-corrected chi connectivity index (χ1v) is 9.83. The molecule has 3 rings (SSSR count). The first-order valence-electron chi connectivity index (χ1n) is 8.39. The Morgan fingerprint density at radius 1 is 1.07 bits per heavy atom. The predicted molar refractivity (Wildman–Crippen MR) is 98.1 cm³/mol. The van der Waals surface area contributed by atoms with Crippen LogP contribution in [0.3, 0.4) is 0 Å². The summed E-state index contributed by atoms with van der Waals surface area (Å²) in [5.74, 6) is 0.393. The molecule has 0 bridgehead atoms. The molecule has 0 aromatic heterocycles. The highest BCUT2D eigenvalue weighted by Gasteiger charge is 2.39. The Bertz CT molecular complexity index is 887. The molecule has 2 aromatic rings. The lowest BCUT2D eigenvalue weighted by Gasteiger charge is -2.37. The van der Waals surface area contributed by atoms with Gasteiger partial charge in [0.15, 0.2) is 0 Å². The number of ether oxygens (including phenoxy) is 1. The minimum atomic E-state index is -3.90. The number of hydrogen-bond donors (Lipinski definition) is 2. The number of carbonyl (C=O) groups excluding carboxylic acids is 1. The van der Waals surface area contributed by atoms with Crippen LogP contribution >= 0.6 is 0 Å². The van der Waals surface area contributed by atoms with Crippen LogP contribution < -0.4 is 10.2 Å². The molecule has 1 heterocycles. The van der Waals surface area contributed by atoms with Crippen LogP contribution in [0.5, 0.6) is 11.5 Å². The third-order valence-corrected chi connectivity index (χ3v) is 6.28. The van der Waals surface area contributed by atoms with Crippen molar-refractivity contribution in [3.05, 3.63) is 54.6 Å². The van der Waals surface area contributed by atoms with Crippen molar-refractivity contribution >= 4 is 15.9 Å². The number of nitrogens with one attached hydrogen (secondary N) is 1. The largest absolute Gasteiger partial charge is 0.457 e. The minimum absolute atomic E-state index is 0.0585. The Balaban J connectivity index is 1.82. The quantitative estimate of drug-likeness (QED) is 0.589. The van der Waals surface area contributed by atoms with Crippen LogP contribution in [0.25, 0.3) is 0 Å². The number of piperazine rings is 1. The monoisotopic (exact) mass is 391 g/mol. The van der Waals surface area contributed by atoms with Crippen molar-refractivity contribution < 1.29 is 23.2 Å². The fourth-order valence-electron chi connectivity index (χ4n) is 2.92. The molecular weight excluding hydrogens is 370 g/mol. The molecule has 27 heavy (non-hydrogen) atoms. The van der Waals surface area contributed by atoms with Crippen molar-refractivity contribution in [2.24, 2.45) is 0 Å². The lowest BCUT2D eigenvalue weighted by atomic mass is 10.2. The Morgan fingerprint density at radius 2 is 1.70 bits per heavy atom. The van der Waals surface area contributed by atoms with Gasteiger partial charge in [0.1, 0.15) is 17.5 Å². The highest BCUT2D eigenvalue weighted by molar-refractivity contribution is 7.89. The summed E-state index contributed by atoms with van der Waals surface area (Å²) >= 11 is 0. The molecule has 2 aromatic carbocycles. The number of rotatable bonds is 5. The Morgan fingerprint density at radius 3 is 2.33 bits per heavy atom. The van der Waals surface area contributed by atoms with Gasteiger partial charge in [-0.2, -0.15) is 4.31 Å². The van der Waals surface area contributed by atoms with Crippen LogP contribution in [0.4, 0.5) is 0 Å². The van der Waals surface area contributed by atoms with Crippen molar-refractivity contribution in [1.29, 1.82) is 0 Å². The number of hydroxylamine groups is 1. The van der Waals surface area contributed by atoms with Gasteiger partial charge in [-0.1, -0.05) is 18.2 Å². The number of para-hydroxylation sites is 1. The normalized spacial score (nSPS) is 18.8. The highest BCUT2D eigenvalue weighted by atomic mass is 32.2. The molecule has 1 atom stereocenters. The number of sulfonamides is 1. The average Bonchev–Trinajstić information content (AvgIpc) is 2.68. The van der Waals surface area contributed by atoms with Crippen LogP contribution in [0, 0.1) is 0 Å². The standard InChI is InChI=1S/C18H21N3O5S/c1-20-11-12-21(17(13-20)18(22)19-23)27(24,25)16-9-7-15(8-10-16)26-14-5-3-2-4-6-14/h2-10,17,23H,11-13H2,1H3,(H,19,22). The van der Waals surface area contributed by atoms with E-state index < -0.39 is 22.0 Å².